The molecule has 1 aromatic carbocycles. The van der Waals surface area contributed by atoms with Gasteiger partial charge in [-0.3, -0.25) is 0 Å². The fourth-order valence-electron chi connectivity index (χ4n) is 1.93. The molecule has 0 aromatic heterocycles. The first-order chi connectivity index (χ1) is 12.8. The van der Waals surface area contributed by atoms with Crippen LogP contribution in [-0.2, 0) is 4.79 Å². The zero-order valence-corrected chi connectivity index (χ0v) is 20.3. The van der Waals surface area contributed by atoms with Crippen molar-refractivity contribution >= 4 is 6.29 Å². The van der Waals surface area contributed by atoms with Crippen LogP contribution in [-0.4, -0.2) is 6.29 Å². The lowest BCUT2D eigenvalue weighted by Gasteiger charge is -2.05. The zero-order valence-electron chi connectivity index (χ0n) is 20.3. The number of benzene rings is 1. The summed E-state index contributed by atoms with van der Waals surface area (Å²) in [7, 11) is 0. The Hall–Kier alpha value is -1.25. The molecule has 0 fully saturated rings. The summed E-state index contributed by atoms with van der Waals surface area (Å²) in [6.45, 7) is 23.3. The van der Waals surface area contributed by atoms with E-state index in [4.69, 9.17) is 4.79 Å². The molecule has 0 N–H and O–H groups in total. The van der Waals surface area contributed by atoms with Crippen molar-refractivity contribution in [3.8, 4) is 0 Å². The second kappa shape index (κ2) is 32.4. The molecule has 0 bridgehead atoms. The quantitative estimate of drug-likeness (QED) is 0.468. The molecule has 0 spiro atoms. The van der Waals surface area contributed by atoms with E-state index in [0.29, 0.717) is 5.56 Å². The van der Waals surface area contributed by atoms with E-state index >= 15 is 0 Å². The third-order valence-electron chi connectivity index (χ3n) is 3.08. The summed E-state index contributed by atoms with van der Waals surface area (Å²) in [5.74, 6) is 0.0353. The number of rotatable bonds is 4. The summed E-state index contributed by atoms with van der Waals surface area (Å²) >= 11 is 0. The smallest absolute Gasteiger partial charge is 0.131 e. The Balaban J connectivity index is -0.0000000851. The average Bonchev–Trinajstić information content (AvgIpc) is 2.69. The van der Waals surface area contributed by atoms with Gasteiger partial charge in [-0.05, 0) is 38.3 Å². The van der Waals surface area contributed by atoms with Crippen molar-refractivity contribution in [2.24, 2.45) is 5.92 Å². The van der Waals surface area contributed by atoms with Crippen LogP contribution in [0.15, 0.2) is 12.1 Å². The topological polar surface area (TPSA) is 17.1 Å². The highest BCUT2D eigenvalue weighted by Crippen LogP contribution is 2.14. The number of carbonyl (C=O) groups is 1. The maximum Gasteiger partial charge on any atom is 0.131 e. The van der Waals surface area contributed by atoms with E-state index in [1.165, 1.54) is 51.7 Å². The van der Waals surface area contributed by atoms with Crippen LogP contribution < -0.4 is 0 Å². The Morgan fingerprint density at radius 1 is 0.889 bits per heavy atom. The molecule has 3 heteroatoms. The van der Waals surface area contributed by atoms with Crippen LogP contribution in [0.3, 0.4) is 0 Å². The van der Waals surface area contributed by atoms with Crippen molar-refractivity contribution in [3.05, 3.63) is 34.9 Å². The largest absolute Gasteiger partial charge is 0.304 e. The highest BCUT2D eigenvalue weighted by Gasteiger charge is 2.04. The first-order valence-corrected chi connectivity index (χ1v) is 10.7. The summed E-state index contributed by atoms with van der Waals surface area (Å²) in [4.78, 5) is 8.81. The summed E-state index contributed by atoms with van der Waals surface area (Å²) < 4.78 is 25.3. The van der Waals surface area contributed by atoms with Crippen LogP contribution in [0, 0.1) is 31.4 Å². The van der Waals surface area contributed by atoms with Gasteiger partial charge in [0.25, 0.3) is 0 Å². The minimum atomic E-state index is -0.483. The zero-order chi connectivity index (χ0) is 22.8. The molecule has 0 radical (unpaired) electrons. The highest BCUT2D eigenvalue weighted by atomic mass is 19.1. The molecule has 0 aliphatic carbocycles. The number of halogens is 2. The third kappa shape index (κ3) is 27.1. The fraction of sp³-hybridized carbons (Fsp3) is 0.708. The van der Waals surface area contributed by atoms with Crippen molar-refractivity contribution in [2.75, 3.05) is 0 Å². The van der Waals surface area contributed by atoms with E-state index in [2.05, 4.69) is 20.8 Å². The lowest BCUT2D eigenvalue weighted by molar-refractivity contribution is -0.106. The molecular weight excluding hydrogens is 342 g/mol. The van der Waals surface area contributed by atoms with E-state index in [0.717, 1.165) is 12.2 Å². The molecular formula is C24H48F2O. The maximum atomic E-state index is 12.8. The molecule has 164 valence electrons. The van der Waals surface area contributed by atoms with Gasteiger partial charge in [-0.25, -0.2) is 8.78 Å². The minimum absolute atomic E-state index is 0.0972. The molecule has 0 atom stereocenters. The van der Waals surface area contributed by atoms with E-state index in [1.54, 1.807) is 6.92 Å². The average molecular weight is 391 g/mol. The van der Waals surface area contributed by atoms with Crippen molar-refractivity contribution in [1.29, 1.82) is 0 Å². The number of aldehydes is 1. The van der Waals surface area contributed by atoms with Crippen molar-refractivity contribution in [3.63, 3.8) is 0 Å². The first-order valence-electron chi connectivity index (χ1n) is 10.7. The first kappa shape index (κ1) is 36.6. The van der Waals surface area contributed by atoms with Crippen LogP contribution in [0.5, 0.6) is 0 Å². The van der Waals surface area contributed by atoms with Crippen LogP contribution in [0.4, 0.5) is 8.78 Å². The van der Waals surface area contributed by atoms with E-state index in [1.807, 2.05) is 41.5 Å². The molecule has 0 saturated heterocycles. The molecule has 1 rings (SSSR count). The van der Waals surface area contributed by atoms with Crippen molar-refractivity contribution < 1.29 is 13.6 Å². The molecule has 1 nitrogen and oxygen atoms in total. The van der Waals surface area contributed by atoms with Gasteiger partial charge in [-0.1, -0.05) is 94.1 Å². The lowest BCUT2D eigenvalue weighted by atomic mass is 10.0. The molecule has 1 aromatic rings. The van der Waals surface area contributed by atoms with Gasteiger partial charge in [0, 0.05) is 5.56 Å². The predicted molar refractivity (Wildman–Crippen MR) is 121 cm³/mol. The van der Waals surface area contributed by atoms with Gasteiger partial charge in [0.1, 0.15) is 17.9 Å². The second-order valence-electron chi connectivity index (χ2n) is 5.22. The van der Waals surface area contributed by atoms with Gasteiger partial charge in [0.15, 0.2) is 0 Å². The number of aryl methyl sites for hydroxylation is 1. The Kier molecular flexibility index (Phi) is 44.0. The van der Waals surface area contributed by atoms with E-state index in [-0.39, 0.29) is 5.56 Å². The Labute approximate surface area is 170 Å². The molecule has 27 heavy (non-hydrogen) atoms. The molecule has 0 heterocycles. The van der Waals surface area contributed by atoms with E-state index in [9.17, 15) is 8.78 Å². The van der Waals surface area contributed by atoms with Gasteiger partial charge in [0.2, 0.25) is 0 Å². The second-order valence-corrected chi connectivity index (χ2v) is 5.22. The highest BCUT2D eigenvalue weighted by molar-refractivity contribution is 5.44. The lowest BCUT2D eigenvalue weighted by Crippen LogP contribution is -1.91. The Morgan fingerprint density at radius 3 is 1.48 bits per heavy atom. The molecule has 0 unspecified atom stereocenters. The Morgan fingerprint density at radius 2 is 1.22 bits per heavy atom. The summed E-state index contributed by atoms with van der Waals surface area (Å²) in [5.41, 5.74) is 0.582. The predicted octanol–water partition coefficient (Wildman–Crippen LogP) is 9.09. The molecule has 0 aliphatic rings. The van der Waals surface area contributed by atoms with Gasteiger partial charge < -0.3 is 4.79 Å². The van der Waals surface area contributed by atoms with Crippen LogP contribution in [0.2, 0.25) is 0 Å². The Bertz CT molecular complexity index is 357. The molecule has 0 aliphatic heterocycles. The van der Waals surface area contributed by atoms with Crippen molar-refractivity contribution in [1.82, 2.24) is 0 Å². The van der Waals surface area contributed by atoms with Crippen molar-refractivity contribution in [2.45, 2.75) is 109 Å². The summed E-state index contributed by atoms with van der Waals surface area (Å²) in [6.07, 6.45) is 6.27. The fourth-order valence-corrected chi connectivity index (χ4v) is 1.93. The number of hydrogen-bond acceptors (Lipinski definition) is 1. The number of hydrogen-bond donors (Lipinski definition) is 0. The third-order valence-corrected chi connectivity index (χ3v) is 3.08. The van der Waals surface area contributed by atoms with Crippen LogP contribution in [0.25, 0.3) is 0 Å². The van der Waals surface area contributed by atoms with Gasteiger partial charge in [0.05, 0.1) is 0 Å². The minimum Gasteiger partial charge on any atom is -0.304 e. The van der Waals surface area contributed by atoms with Crippen LogP contribution >= 0.6 is 0 Å². The maximum absolute atomic E-state index is 12.8. The molecule has 0 amide bonds. The normalized spacial score (nSPS) is 7.96. The SMILES string of the molecule is CC.CC.CC.CC=O.CCCC(C)CCC.Cc1ccc(F)c(C)c1F. The standard InChI is InChI=1S/C8H8F2.C8H18.C2H4O.3C2H6/c1-5-3-4-7(9)6(2)8(5)10;1-4-6-8(3)7-5-2;1-2-3;3*1-2/h3-4H,1-2H3;8H,4-7H2,1-3H3;2H,1H3;3*1-2H3. The number of carbonyl (C=O) groups excluding carboxylic acids is 1. The van der Waals surface area contributed by atoms with Crippen LogP contribution in [0.1, 0.15) is 106 Å². The molecule has 0 saturated carbocycles. The van der Waals surface area contributed by atoms with Gasteiger partial charge in [-0.15, -0.1) is 0 Å². The summed E-state index contributed by atoms with van der Waals surface area (Å²) in [6, 6.07) is 2.70. The van der Waals surface area contributed by atoms with E-state index < -0.39 is 11.6 Å². The summed E-state index contributed by atoms with van der Waals surface area (Å²) in [5, 5.41) is 0. The van der Waals surface area contributed by atoms with Gasteiger partial charge >= 0.3 is 0 Å². The monoisotopic (exact) mass is 390 g/mol. The van der Waals surface area contributed by atoms with Gasteiger partial charge in [-0.2, -0.15) is 0 Å².